The van der Waals surface area contributed by atoms with Crippen molar-refractivity contribution in [3.63, 3.8) is 0 Å². The quantitative estimate of drug-likeness (QED) is 0.826. The van der Waals surface area contributed by atoms with Gasteiger partial charge in [0.15, 0.2) is 5.78 Å². The topological polar surface area (TPSA) is 37.3 Å². The molecule has 1 aliphatic carbocycles. The Morgan fingerprint density at radius 1 is 0.870 bits per heavy atom. The molecule has 0 atom stereocenters. The first-order chi connectivity index (χ1) is 10.3. The Labute approximate surface area is 137 Å². The molecule has 0 aliphatic heterocycles. The van der Waals surface area contributed by atoms with Crippen LogP contribution in [0.1, 0.15) is 47.1 Å². The fourth-order valence-corrected chi connectivity index (χ4v) is 2.76. The summed E-state index contributed by atoms with van der Waals surface area (Å²) in [6.45, 7) is 11.7. The second-order valence-electron chi connectivity index (χ2n) is 8.28. The van der Waals surface area contributed by atoms with E-state index < -0.39 is 16.4 Å². The first-order valence-corrected chi connectivity index (χ1v) is 7.84. The smallest absolute Gasteiger partial charge is 0.185 e. The lowest BCUT2D eigenvalue weighted by Crippen LogP contribution is -2.35. The molecule has 0 aromatic heterocycles. The minimum atomic E-state index is -1.41. The molecule has 1 aromatic rings. The van der Waals surface area contributed by atoms with E-state index in [0.29, 0.717) is 16.7 Å². The highest BCUT2D eigenvalue weighted by atomic mass is 19.1. The Morgan fingerprint density at radius 2 is 1.26 bits per heavy atom. The zero-order chi connectivity index (χ0) is 17.6. The summed E-state index contributed by atoms with van der Waals surface area (Å²) in [7, 11) is 0. The molecule has 0 amide bonds. The minimum Gasteiger partial charge on any atom is -0.377 e. The molecule has 0 fully saturated rings. The van der Waals surface area contributed by atoms with E-state index in [9.17, 15) is 14.3 Å². The number of carbonyl (C=O) groups excluding carboxylic acids is 1. The van der Waals surface area contributed by atoms with Gasteiger partial charge in [0.25, 0.3) is 0 Å². The van der Waals surface area contributed by atoms with Gasteiger partial charge < -0.3 is 5.11 Å². The van der Waals surface area contributed by atoms with E-state index in [1.807, 2.05) is 41.5 Å². The molecule has 2 nitrogen and oxygen atoms in total. The Morgan fingerprint density at radius 3 is 1.61 bits per heavy atom. The van der Waals surface area contributed by atoms with Gasteiger partial charge in [-0.3, -0.25) is 4.79 Å². The SMILES string of the molecule is CC(C)(C)C1=CC(O)(c2ccc(F)cc2)C=C(C(C)(C)C)C1=O. The Balaban J connectivity index is 2.69. The predicted molar refractivity (Wildman–Crippen MR) is 90.4 cm³/mol. The number of benzene rings is 1. The molecule has 1 N–H and O–H groups in total. The maximum atomic E-state index is 13.2. The van der Waals surface area contributed by atoms with Crippen LogP contribution in [0.25, 0.3) is 0 Å². The number of halogens is 1. The van der Waals surface area contributed by atoms with Gasteiger partial charge in [0.05, 0.1) is 0 Å². The fraction of sp³-hybridized carbons (Fsp3) is 0.450. The minimum absolute atomic E-state index is 0.0308. The summed E-state index contributed by atoms with van der Waals surface area (Å²) in [6, 6.07) is 5.75. The van der Waals surface area contributed by atoms with Crippen LogP contribution in [0.15, 0.2) is 47.6 Å². The van der Waals surface area contributed by atoms with Crippen molar-refractivity contribution in [2.45, 2.75) is 47.1 Å². The molecule has 0 heterocycles. The van der Waals surface area contributed by atoms with Gasteiger partial charge in [-0.1, -0.05) is 53.7 Å². The first-order valence-electron chi connectivity index (χ1n) is 7.84. The monoisotopic (exact) mass is 316 g/mol. The van der Waals surface area contributed by atoms with Crippen molar-refractivity contribution in [2.75, 3.05) is 0 Å². The highest BCUT2D eigenvalue weighted by Gasteiger charge is 2.40. The zero-order valence-electron chi connectivity index (χ0n) is 14.7. The van der Waals surface area contributed by atoms with Gasteiger partial charge in [-0.05, 0) is 40.7 Å². The highest BCUT2D eigenvalue weighted by molar-refractivity contribution is 6.11. The molecule has 23 heavy (non-hydrogen) atoms. The van der Waals surface area contributed by atoms with Gasteiger partial charge in [-0.25, -0.2) is 4.39 Å². The van der Waals surface area contributed by atoms with Crippen molar-refractivity contribution in [2.24, 2.45) is 10.8 Å². The average molecular weight is 316 g/mol. The van der Waals surface area contributed by atoms with Crippen LogP contribution in [-0.4, -0.2) is 10.9 Å². The van der Waals surface area contributed by atoms with E-state index >= 15 is 0 Å². The lowest BCUT2D eigenvalue weighted by atomic mass is 9.68. The summed E-state index contributed by atoms with van der Waals surface area (Å²) in [5, 5.41) is 11.2. The first kappa shape index (κ1) is 17.6. The van der Waals surface area contributed by atoms with Crippen LogP contribution in [0.4, 0.5) is 4.39 Å². The number of Topliss-reactive ketones (excluding diaryl/α,β-unsaturated/α-hetero) is 1. The number of aliphatic hydroxyl groups is 1. The number of allylic oxidation sites excluding steroid dienone is 2. The maximum Gasteiger partial charge on any atom is 0.185 e. The van der Waals surface area contributed by atoms with E-state index in [4.69, 9.17) is 0 Å². The molecule has 0 saturated carbocycles. The summed E-state index contributed by atoms with van der Waals surface area (Å²) in [5.41, 5.74) is -0.484. The van der Waals surface area contributed by atoms with E-state index in [0.717, 1.165) is 0 Å². The van der Waals surface area contributed by atoms with Crippen LogP contribution in [-0.2, 0) is 10.4 Å². The molecule has 0 saturated heterocycles. The summed E-state index contributed by atoms with van der Waals surface area (Å²) < 4.78 is 13.2. The molecule has 3 heteroatoms. The normalized spacial score (nSPS) is 18.5. The van der Waals surface area contributed by atoms with Gasteiger partial charge in [0, 0.05) is 11.1 Å². The van der Waals surface area contributed by atoms with Crippen molar-refractivity contribution < 1.29 is 14.3 Å². The van der Waals surface area contributed by atoms with Crippen LogP contribution in [0.5, 0.6) is 0 Å². The summed E-state index contributed by atoms with van der Waals surface area (Å²) in [6.07, 6.45) is 3.22. The van der Waals surface area contributed by atoms with Crippen LogP contribution in [0.3, 0.4) is 0 Å². The second kappa shape index (κ2) is 5.41. The molecule has 2 rings (SSSR count). The number of ketones is 1. The Bertz CT molecular complexity index is 646. The third-order valence-electron chi connectivity index (χ3n) is 4.14. The molecular weight excluding hydrogens is 291 g/mol. The van der Waals surface area contributed by atoms with Crippen LogP contribution >= 0.6 is 0 Å². The molecular formula is C20H25FO2. The largest absolute Gasteiger partial charge is 0.377 e. The lowest BCUT2D eigenvalue weighted by molar-refractivity contribution is -0.114. The molecule has 1 aliphatic rings. The van der Waals surface area contributed by atoms with Gasteiger partial charge in [-0.15, -0.1) is 0 Å². The predicted octanol–water partition coefficient (Wildman–Crippen LogP) is 4.54. The molecule has 0 spiro atoms. The van der Waals surface area contributed by atoms with Crippen LogP contribution in [0, 0.1) is 16.6 Å². The van der Waals surface area contributed by atoms with Crippen LogP contribution < -0.4 is 0 Å². The Hall–Kier alpha value is -1.74. The third-order valence-corrected chi connectivity index (χ3v) is 4.14. The molecule has 124 valence electrons. The van der Waals surface area contributed by atoms with E-state index in [1.54, 1.807) is 24.3 Å². The summed E-state index contributed by atoms with van der Waals surface area (Å²) in [4.78, 5) is 12.9. The highest BCUT2D eigenvalue weighted by Crippen LogP contribution is 2.43. The van der Waals surface area contributed by atoms with Crippen molar-refractivity contribution in [3.8, 4) is 0 Å². The van der Waals surface area contributed by atoms with Crippen molar-refractivity contribution >= 4 is 5.78 Å². The average Bonchev–Trinajstić information content (AvgIpc) is 2.39. The summed E-state index contributed by atoms with van der Waals surface area (Å²) in [5.74, 6) is -0.388. The van der Waals surface area contributed by atoms with E-state index in [1.165, 1.54) is 12.1 Å². The fourth-order valence-electron chi connectivity index (χ4n) is 2.76. The summed E-state index contributed by atoms with van der Waals surface area (Å²) >= 11 is 0. The number of hydrogen-bond donors (Lipinski definition) is 1. The molecule has 0 radical (unpaired) electrons. The van der Waals surface area contributed by atoms with Crippen molar-refractivity contribution in [1.29, 1.82) is 0 Å². The van der Waals surface area contributed by atoms with Crippen molar-refractivity contribution in [3.05, 3.63) is 58.9 Å². The third kappa shape index (κ3) is 3.45. The standard InChI is InChI=1S/C20H25FO2/c1-18(2,3)15-11-20(23,13-7-9-14(21)10-8-13)12-16(17(15)22)19(4,5)6/h7-12,23H,1-6H3. The lowest BCUT2D eigenvalue weighted by Gasteiger charge is -2.36. The Kier molecular flexibility index (Phi) is 4.15. The molecule has 1 aromatic carbocycles. The maximum absolute atomic E-state index is 13.2. The van der Waals surface area contributed by atoms with E-state index in [-0.39, 0.29) is 11.6 Å². The zero-order valence-corrected chi connectivity index (χ0v) is 14.7. The number of hydrogen-bond acceptors (Lipinski definition) is 2. The van der Waals surface area contributed by atoms with Gasteiger partial charge in [0.1, 0.15) is 11.4 Å². The van der Waals surface area contributed by atoms with Gasteiger partial charge in [-0.2, -0.15) is 0 Å². The number of carbonyl (C=O) groups is 1. The number of rotatable bonds is 1. The van der Waals surface area contributed by atoms with Gasteiger partial charge in [0.2, 0.25) is 0 Å². The van der Waals surface area contributed by atoms with E-state index in [2.05, 4.69) is 0 Å². The molecule has 0 bridgehead atoms. The van der Waals surface area contributed by atoms with Crippen molar-refractivity contribution in [1.82, 2.24) is 0 Å². The molecule has 0 unspecified atom stereocenters. The van der Waals surface area contributed by atoms with Crippen LogP contribution in [0.2, 0.25) is 0 Å². The second-order valence-corrected chi connectivity index (χ2v) is 8.28. The van der Waals surface area contributed by atoms with Gasteiger partial charge >= 0.3 is 0 Å².